The van der Waals surface area contributed by atoms with Gasteiger partial charge in [-0.15, -0.1) is 0 Å². The molecule has 1 aliphatic rings. The van der Waals surface area contributed by atoms with Gasteiger partial charge in [0.15, 0.2) is 6.29 Å². The zero-order chi connectivity index (χ0) is 25.6. The first-order valence-electron chi connectivity index (χ1n) is 12.3. The second-order valence-electron chi connectivity index (χ2n) is 8.71. The molecule has 0 radical (unpaired) electrons. The molecule has 198 valence electrons. The number of ether oxygens (including phenoxy) is 4. The molecule has 6 atom stereocenters. The zero-order valence-electron chi connectivity index (χ0n) is 20.5. The average molecular weight is 498 g/mol. The molecule has 0 aromatic heterocycles. The standard InChI is InChI=1S/C25H39NO9/c1-3-4-5-6-7-11-14-32-24-22(29)21(28)20(27)19(35-24)16-33-23(30)17(2)26-25(31)34-15-18-12-9-8-10-13-18/h8-10,12-13,17,19-22,24,27-29H,3-7,11,14-16H2,1-2H3,(H,26,31)/t17-,19+,20+,21-,22+,24+/m0/s1. The minimum absolute atomic E-state index is 0.0525. The molecule has 1 fully saturated rings. The van der Waals surface area contributed by atoms with E-state index >= 15 is 0 Å². The number of alkyl carbamates (subject to hydrolysis) is 1. The summed E-state index contributed by atoms with van der Waals surface area (Å²) in [5.74, 6) is -0.775. The lowest BCUT2D eigenvalue weighted by Crippen LogP contribution is -2.59. The van der Waals surface area contributed by atoms with Crippen LogP contribution in [0.25, 0.3) is 0 Å². The van der Waals surface area contributed by atoms with E-state index in [1.807, 2.05) is 18.2 Å². The Balaban J connectivity index is 1.72. The van der Waals surface area contributed by atoms with Crippen LogP contribution >= 0.6 is 0 Å². The van der Waals surface area contributed by atoms with E-state index in [1.165, 1.54) is 13.3 Å². The molecule has 1 aliphatic heterocycles. The minimum Gasteiger partial charge on any atom is -0.461 e. The molecular formula is C25H39NO9. The van der Waals surface area contributed by atoms with Crippen molar-refractivity contribution in [2.24, 2.45) is 0 Å². The number of aliphatic hydroxyl groups excluding tert-OH is 3. The van der Waals surface area contributed by atoms with Gasteiger partial charge in [0.1, 0.15) is 43.7 Å². The molecule has 10 heteroatoms. The lowest BCUT2D eigenvalue weighted by molar-refractivity contribution is -0.301. The fraction of sp³-hybridized carbons (Fsp3) is 0.680. The fourth-order valence-corrected chi connectivity index (χ4v) is 3.56. The summed E-state index contributed by atoms with van der Waals surface area (Å²) in [6, 6.07) is 8.07. The van der Waals surface area contributed by atoms with Crippen LogP contribution in [-0.4, -0.2) is 77.3 Å². The number of rotatable bonds is 14. The van der Waals surface area contributed by atoms with E-state index in [4.69, 9.17) is 18.9 Å². The number of carbonyl (C=O) groups is 2. The molecule has 1 saturated heterocycles. The Kier molecular flexibility index (Phi) is 13.0. The summed E-state index contributed by atoms with van der Waals surface area (Å²) in [4.78, 5) is 24.2. The molecule has 1 heterocycles. The highest BCUT2D eigenvalue weighted by Gasteiger charge is 2.44. The number of aliphatic hydroxyl groups is 3. The molecule has 1 aromatic rings. The van der Waals surface area contributed by atoms with Gasteiger partial charge in [-0.25, -0.2) is 9.59 Å². The highest BCUT2D eigenvalue weighted by Crippen LogP contribution is 2.23. The zero-order valence-corrected chi connectivity index (χ0v) is 20.5. The maximum absolute atomic E-state index is 12.3. The van der Waals surface area contributed by atoms with Crippen LogP contribution in [0.3, 0.4) is 0 Å². The number of unbranched alkanes of at least 4 members (excludes halogenated alkanes) is 5. The first kappa shape index (κ1) is 29.0. The van der Waals surface area contributed by atoms with Crippen LogP contribution in [0.1, 0.15) is 57.9 Å². The summed E-state index contributed by atoms with van der Waals surface area (Å²) in [6.07, 6.45) is -1.11. The van der Waals surface area contributed by atoms with Crippen LogP contribution in [0.5, 0.6) is 0 Å². The summed E-state index contributed by atoms with van der Waals surface area (Å²) in [6.45, 7) is 3.56. The molecule has 2 rings (SSSR count). The Labute approximate surface area is 206 Å². The van der Waals surface area contributed by atoms with Crippen molar-refractivity contribution in [2.75, 3.05) is 13.2 Å². The van der Waals surface area contributed by atoms with Crippen LogP contribution in [-0.2, 0) is 30.3 Å². The third kappa shape index (κ3) is 10.1. The first-order chi connectivity index (χ1) is 16.8. The van der Waals surface area contributed by atoms with Gasteiger partial charge in [-0.05, 0) is 18.9 Å². The van der Waals surface area contributed by atoms with Crippen molar-refractivity contribution in [1.29, 1.82) is 0 Å². The fourth-order valence-electron chi connectivity index (χ4n) is 3.56. The Morgan fingerprint density at radius 3 is 2.37 bits per heavy atom. The van der Waals surface area contributed by atoms with E-state index in [0.717, 1.165) is 37.7 Å². The van der Waals surface area contributed by atoms with E-state index in [0.29, 0.717) is 6.61 Å². The van der Waals surface area contributed by atoms with Gasteiger partial charge in [-0.1, -0.05) is 69.4 Å². The number of hydrogen-bond acceptors (Lipinski definition) is 9. The van der Waals surface area contributed by atoms with Crippen LogP contribution in [0.15, 0.2) is 30.3 Å². The lowest BCUT2D eigenvalue weighted by Gasteiger charge is -2.40. The topological polar surface area (TPSA) is 144 Å². The van der Waals surface area contributed by atoms with Gasteiger partial charge in [-0.2, -0.15) is 0 Å². The third-order valence-electron chi connectivity index (χ3n) is 5.74. The summed E-state index contributed by atoms with van der Waals surface area (Å²) in [5.41, 5.74) is 0.801. The van der Waals surface area contributed by atoms with Crippen molar-refractivity contribution in [3.05, 3.63) is 35.9 Å². The smallest absolute Gasteiger partial charge is 0.408 e. The molecule has 0 bridgehead atoms. The molecule has 35 heavy (non-hydrogen) atoms. The van der Waals surface area contributed by atoms with Crippen molar-refractivity contribution in [3.8, 4) is 0 Å². The predicted octanol–water partition coefficient (Wildman–Crippen LogP) is 2.03. The Morgan fingerprint density at radius 2 is 1.66 bits per heavy atom. The maximum atomic E-state index is 12.3. The van der Waals surface area contributed by atoms with Gasteiger partial charge in [0.25, 0.3) is 0 Å². The summed E-state index contributed by atoms with van der Waals surface area (Å²) in [7, 11) is 0. The van der Waals surface area contributed by atoms with Crippen LogP contribution < -0.4 is 5.32 Å². The number of hydrogen-bond donors (Lipinski definition) is 4. The quantitative estimate of drug-likeness (QED) is 0.224. The normalized spacial score (nSPS) is 25.0. The number of carbonyl (C=O) groups excluding carboxylic acids is 2. The van der Waals surface area contributed by atoms with Gasteiger partial charge in [0, 0.05) is 6.61 Å². The van der Waals surface area contributed by atoms with Crippen molar-refractivity contribution < 1.29 is 43.9 Å². The summed E-state index contributed by atoms with van der Waals surface area (Å²) >= 11 is 0. The third-order valence-corrected chi connectivity index (χ3v) is 5.74. The highest BCUT2D eigenvalue weighted by molar-refractivity contribution is 5.80. The number of esters is 1. The average Bonchev–Trinajstić information content (AvgIpc) is 2.86. The molecule has 0 aliphatic carbocycles. The SMILES string of the molecule is CCCCCCCCO[C@@H]1O[C@H](COC(=O)[C@H](C)NC(=O)OCc2ccccc2)[C@@H](O)[C@H](O)[C@H]1O. The largest absolute Gasteiger partial charge is 0.461 e. The number of nitrogens with one attached hydrogen (secondary N) is 1. The second-order valence-corrected chi connectivity index (χ2v) is 8.71. The molecule has 1 aromatic carbocycles. The van der Waals surface area contributed by atoms with Gasteiger partial charge in [0.05, 0.1) is 0 Å². The number of benzene rings is 1. The van der Waals surface area contributed by atoms with Gasteiger partial charge in [0.2, 0.25) is 0 Å². The van der Waals surface area contributed by atoms with Crippen molar-refractivity contribution >= 4 is 12.1 Å². The minimum atomic E-state index is -1.52. The van der Waals surface area contributed by atoms with Crippen LogP contribution in [0.2, 0.25) is 0 Å². The van der Waals surface area contributed by atoms with E-state index in [1.54, 1.807) is 12.1 Å². The predicted molar refractivity (Wildman–Crippen MR) is 126 cm³/mol. The Hall–Kier alpha value is -2.24. The van der Waals surface area contributed by atoms with E-state index in [-0.39, 0.29) is 6.61 Å². The Morgan fingerprint density at radius 1 is 0.971 bits per heavy atom. The van der Waals surface area contributed by atoms with E-state index in [9.17, 15) is 24.9 Å². The van der Waals surface area contributed by atoms with Crippen molar-refractivity contribution in [3.63, 3.8) is 0 Å². The summed E-state index contributed by atoms with van der Waals surface area (Å²) < 4.78 is 21.3. The van der Waals surface area contributed by atoms with Gasteiger partial charge >= 0.3 is 12.1 Å². The van der Waals surface area contributed by atoms with Crippen LogP contribution in [0, 0.1) is 0 Å². The molecule has 1 amide bonds. The highest BCUT2D eigenvalue weighted by atomic mass is 16.7. The second kappa shape index (κ2) is 15.7. The van der Waals surface area contributed by atoms with Crippen LogP contribution in [0.4, 0.5) is 4.79 Å². The van der Waals surface area contributed by atoms with Gasteiger partial charge in [-0.3, -0.25) is 0 Å². The number of amides is 1. The lowest BCUT2D eigenvalue weighted by atomic mass is 9.99. The van der Waals surface area contributed by atoms with Gasteiger partial charge < -0.3 is 39.6 Å². The van der Waals surface area contributed by atoms with E-state index < -0.39 is 55.4 Å². The summed E-state index contributed by atoms with van der Waals surface area (Å²) in [5, 5.41) is 32.9. The molecule has 0 unspecified atom stereocenters. The molecule has 4 N–H and O–H groups in total. The molecule has 10 nitrogen and oxygen atoms in total. The Bertz CT molecular complexity index is 748. The molecule has 0 spiro atoms. The molecule has 0 saturated carbocycles. The van der Waals surface area contributed by atoms with Crippen molar-refractivity contribution in [1.82, 2.24) is 5.32 Å². The monoisotopic (exact) mass is 497 g/mol. The first-order valence-corrected chi connectivity index (χ1v) is 12.3. The van der Waals surface area contributed by atoms with Crippen molar-refractivity contribution in [2.45, 2.75) is 95.7 Å². The molecular weight excluding hydrogens is 458 g/mol. The maximum Gasteiger partial charge on any atom is 0.408 e. The van der Waals surface area contributed by atoms with E-state index in [2.05, 4.69) is 12.2 Å².